The Bertz CT molecular complexity index is 373. The van der Waals surface area contributed by atoms with Crippen LogP contribution in [0.1, 0.15) is 65.2 Å². The first kappa shape index (κ1) is 16.9. The van der Waals surface area contributed by atoms with E-state index in [2.05, 4.69) is 11.4 Å². The van der Waals surface area contributed by atoms with Crippen LogP contribution in [0.5, 0.6) is 0 Å². The second-order valence-corrected chi connectivity index (χ2v) is 5.83. The Kier molecular flexibility index (Phi) is 5.91. The maximum Gasteiger partial charge on any atom is 0.248 e. The zero-order valence-corrected chi connectivity index (χ0v) is 12.3. The Morgan fingerprint density at radius 3 is 2.50 bits per heavy atom. The number of unbranched alkanes of at least 4 members (excludes halogenated alkanes) is 1. The Morgan fingerprint density at radius 2 is 2.05 bits per heavy atom. The van der Waals surface area contributed by atoms with Crippen LogP contribution >= 0.6 is 0 Å². The Morgan fingerprint density at radius 1 is 1.40 bits per heavy atom. The lowest BCUT2D eigenvalue weighted by molar-refractivity contribution is -0.130. The second-order valence-electron chi connectivity index (χ2n) is 5.83. The number of alkyl halides is 2. The maximum absolute atomic E-state index is 13.7. The van der Waals surface area contributed by atoms with Gasteiger partial charge in [0.1, 0.15) is 5.54 Å². The molecule has 1 fully saturated rings. The van der Waals surface area contributed by atoms with Gasteiger partial charge in [0.05, 0.1) is 6.07 Å². The molecule has 20 heavy (non-hydrogen) atoms. The van der Waals surface area contributed by atoms with Gasteiger partial charge < -0.3 is 5.32 Å². The summed E-state index contributed by atoms with van der Waals surface area (Å²) in [6.07, 6.45) is 3.13. The zero-order valence-electron chi connectivity index (χ0n) is 12.3. The van der Waals surface area contributed by atoms with Crippen molar-refractivity contribution in [1.29, 1.82) is 5.26 Å². The maximum atomic E-state index is 13.7. The molecule has 1 aliphatic rings. The topological polar surface area (TPSA) is 52.9 Å². The van der Waals surface area contributed by atoms with Crippen molar-refractivity contribution < 1.29 is 13.6 Å². The smallest absolute Gasteiger partial charge is 0.248 e. The summed E-state index contributed by atoms with van der Waals surface area (Å²) in [5.41, 5.74) is -0.776. The number of nitrogens with one attached hydrogen (secondary N) is 1. The van der Waals surface area contributed by atoms with Gasteiger partial charge in [-0.1, -0.05) is 33.1 Å². The molecule has 1 aliphatic carbocycles. The summed E-state index contributed by atoms with van der Waals surface area (Å²) in [5, 5.41) is 11.6. The summed E-state index contributed by atoms with van der Waals surface area (Å²) in [4.78, 5) is 12.2. The van der Waals surface area contributed by atoms with E-state index in [4.69, 9.17) is 5.26 Å². The van der Waals surface area contributed by atoms with Crippen LogP contribution in [0.3, 0.4) is 0 Å². The predicted molar refractivity (Wildman–Crippen MR) is 73.2 cm³/mol. The number of nitrogens with zero attached hydrogens (tertiary/aromatic N) is 1. The minimum absolute atomic E-state index is 0.188. The summed E-state index contributed by atoms with van der Waals surface area (Å²) in [6.45, 7) is 3.68. The monoisotopic (exact) mass is 286 g/mol. The summed E-state index contributed by atoms with van der Waals surface area (Å²) >= 11 is 0. The van der Waals surface area contributed by atoms with Gasteiger partial charge in [-0.05, 0) is 19.3 Å². The van der Waals surface area contributed by atoms with Gasteiger partial charge in [0, 0.05) is 18.8 Å². The van der Waals surface area contributed by atoms with E-state index in [-0.39, 0.29) is 12.3 Å². The van der Waals surface area contributed by atoms with Crippen molar-refractivity contribution >= 4 is 5.91 Å². The molecule has 1 N–H and O–H groups in total. The highest BCUT2D eigenvalue weighted by molar-refractivity contribution is 5.80. The SMILES string of the molecule is CCCCC(CC(F)(F)CCC)C(=O)NC1(C#N)CC1. The molecule has 0 aromatic rings. The molecular formula is C15H24F2N2O. The molecule has 0 heterocycles. The quantitative estimate of drug-likeness (QED) is 0.701. The van der Waals surface area contributed by atoms with Gasteiger partial charge in [-0.15, -0.1) is 0 Å². The van der Waals surface area contributed by atoms with Gasteiger partial charge in [-0.25, -0.2) is 8.78 Å². The molecule has 1 rings (SSSR count). The van der Waals surface area contributed by atoms with E-state index in [1.165, 1.54) is 0 Å². The number of rotatable bonds is 9. The van der Waals surface area contributed by atoms with Gasteiger partial charge >= 0.3 is 0 Å². The lowest BCUT2D eigenvalue weighted by atomic mass is 9.92. The molecule has 0 aromatic carbocycles. The number of amides is 1. The van der Waals surface area contributed by atoms with Gasteiger partial charge in [0.2, 0.25) is 11.8 Å². The molecular weight excluding hydrogens is 262 g/mol. The van der Waals surface area contributed by atoms with E-state index in [0.29, 0.717) is 25.7 Å². The fourth-order valence-corrected chi connectivity index (χ4v) is 2.33. The Labute approximate surface area is 119 Å². The van der Waals surface area contributed by atoms with Crippen molar-refractivity contribution in [2.45, 2.75) is 76.7 Å². The number of carbonyl (C=O) groups is 1. The lowest BCUT2D eigenvalue weighted by Crippen LogP contribution is -2.41. The van der Waals surface area contributed by atoms with Gasteiger partial charge in [0.25, 0.3) is 0 Å². The molecule has 0 aliphatic heterocycles. The van der Waals surface area contributed by atoms with E-state index in [9.17, 15) is 13.6 Å². The van der Waals surface area contributed by atoms with Crippen LogP contribution in [0.15, 0.2) is 0 Å². The average molecular weight is 286 g/mol. The van der Waals surface area contributed by atoms with Crippen LogP contribution in [0.4, 0.5) is 8.78 Å². The third-order valence-corrected chi connectivity index (χ3v) is 3.76. The largest absolute Gasteiger partial charge is 0.338 e. The third-order valence-electron chi connectivity index (χ3n) is 3.76. The fraction of sp³-hybridized carbons (Fsp3) is 0.867. The van der Waals surface area contributed by atoms with Crippen LogP contribution in [0.25, 0.3) is 0 Å². The molecule has 0 aromatic heterocycles. The summed E-state index contributed by atoms with van der Waals surface area (Å²) in [7, 11) is 0. The van der Waals surface area contributed by atoms with E-state index in [0.717, 1.165) is 12.8 Å². The third kappa shape index (κ3) is 5.07. The summed E-state index contributed by atoms with van der Waals surface area (Å²) < 4.78 is 27.5. The zero-order chi connectivity index (χ0) is 15.2. The van der Waals surface area contributed by atoms with E-state index >= 15 is 0 Å². The average Bonchev–Trinajstić information content (AvgIpc) is 3.14. The molecule has 0 radical (unpaired) electrons. The van der Waals surface area contributed by atoms with Gasteiger partial charge in [-0.3, -0.25) is 4.79 Å². The van der Waals surface area contributed by atoms with Crippen molar-refractivity contribution in [3.8, 4) is 6.07 Å². The summed E-state index contributed by atoms with van der Waals surface area (Å²) in [6, 6.07) is 2.06. The van der Waals surface area contributed by atoms with Crippen LogP contribution in [-0.2, 0) is 4.79 Å². The highest BCUT2D eigenvalue weighted by Crippen LogP contribution is 2.36. The van der Waals surface area contributed by atoms with E-state index in [1.807, 2.05) is 6.92 Å². The van der Waals surface area contributed by atoms with Crippen molar-refractivity contribution in [3.63, 3.8) is 0 Å². The first-order chi connectivity index (χ1) is 9.38. The van der Waals surface area contributed by atoms with Crippen LogP contribution in [0.2, 0.25) is 0 Å². The highest BCUT2D eigenvalue weighted by atomic mass is 19.3. The fourth-order valence-electron chi connectivity index (χ4n) is 2.33. The summed E-state index contributed by atoms with van der Waals surface area (Å²) in [5.74, 6) is -3.87. The van der Waals surface area contributed by atoms with Gasteiger partial charge in [-0.2, -0.15) is 5.26 Å². The first-order valence-electron chi connectivity index (χ1n) is 7.49. The molecule has 5 heteroatoms. The molecule has 114 valence electrons. The molecule has 0 spiro atoms. The minimum Gasteiger partial charge on any atom is -0.338 e. The van der Waals surface area contributed by atoms with E-state index < -0.39 is 23.8 Å². The van der Waals surface area contributed by atoms with Crippen molar-refractivity contribution in [3.05, 3.63) is 0 Å². The standard InChI is InChI=1S/C15H24F2N2O/c1-3-5-6-12(10-15(16,17)7-4-2)13(20)19-14(11-18)8-9-14/h12H,3-10H2,1-2H3,(H,19,20). The molecule has 1 amide bonds. The lowest BCUT2D eigenvalue weighted by Gasteiger charge is -2.23. The van der Waals surface area contributed by atoms with Crippen LogP contribution in [-0.4, -0.2) is 17.4 Å². The molecule has 1 atom stereocenters. The minimum atomic E-state index is -2.80. The first-order valence-corrected chi connectivity index (χ1v) is 7.49. The molecule has 0 saturated heterocycles. The normalized spacial score (nSPS) is 18.1. The number of hydrogen-bond acceptors (Lipinski definition) is 2. The number of hydrogen-bond donors (Lipinski definition) is 1. The second kappa shape index (κ2) is 7.01. The molecule has 1 unspecified atom stereocenters. The van der Waals surface area contributed by atoms with Crippen LogP contribution < -0.4 is 5.32 Å². The predicted octanol–water partition coefficient (Wildman–Crippen LogP) is 3.79. The highest BCUT2D eigenvalue weighted by Gasteiger charge is 2.46. The van der Waals surface area contributed by atoms with Crippen molar-refractivity contribution in [2.24, 2.45) is 5.92 Å². The Hall–Kier alpha value is -1.18. The number of nitriles is 1. The molecule has 3 nitrogen and oxygen atoms in total. The molecule has 1 saturated carbocycles. The van der Waals surface area contributed by atoms with E-state index in [1.54, 1.807) is 6.92 Å². The van der Waals surface area contributed by atoms with Gasteiger partial charge in [0.15, 0.2) is 0 Å². The van der Waals surface area contributed by atoms with Crippen molar-refractivity contribution in [1.82, 2.24) is 5.32 Å². The molecule has 0 bridgehead atoms. The Balaban J connectivity index is 2.63. The van der Waals surface area contributed by atoms with Crippen LogP contribution in [0, 0.1) is 17.2 Å². The van der Waals surface area contributed by atoms with Crippen molar-refractivity contribution in [2.75, 3.05) is 0 Å². The number of carbonyl (C=O) groups excluding carboxylic acids is 1. The number of halogens is 2.